The lowest BCUT2D eigenvalue weighted by molar-refractivity contribution is -0.141. The van der Waals surface area contributed by atoms with E-state index in [1.54, 1.807) is 54.6 Å². The molecule has 0 saturated carbocycles. The summed E-state index contributed by atoms with van der Waals surface area (Å²) in [7, 11) is 0. The van der Waals surface area contributed by atoms with E-state index in [0.717, 1.165) is 10.1 Å². The second-order valence-corrected chi connectivity index (χ2v) is 7.08. The largest absolute Gasteiger partial charge is 0.480 e. The number of hydrogen-bond acceptors (Lipinski definition) is 5. The Morgan fingerprint density at radius 1 is 1.03 bits per heavy atom. The van der Waals surface area contributed by atoms with Gasteiger partial charge in [-0.1, -0.05) is 60.7 Å². The van der Waals surface area contributed by atoms with E-state index in [0.29, 0.717) is 5.56 Å². The van der Waals surface area contributed by atoms with Crippen molar-refractivity contribution in [2.75, 3.05) is 5.32 Å². The van der Waals surface area contributed by atoms with Crippen molar-refractivity contribution in [2.45, 2.75) is 25.9 Å². The van der Waals surface area contributed by atoms with Crippen LogP contribution in [0.2, 0.25) is 0 Å². The third-order valence-electron chi connectivity index (χ3n) is 4.61. The number of benzene rings is 2. The SMILES string of the molecule is CC(=O)Nc1cnc(-c2ccccc2)n(CC(=O)NC(Cc2ccccc2)C(=O)O)c1=O. The molecule has 3 rings (SSSR count). The van der Waals surface area contributed by atoms with Crippen LogP contribution in [-0.2, 0) is 27.3 Å². The van der Waals surface area contributed by atoms with Gasteiger partial charge in [-0.15, -0.1) is 0 Å². The molecule has 1 heterocycles. The second kappa shape index (κ2) is 10.2. The van der Waals surface area contributed by atoms with Crippen LogP contribution in [-0.4, -0.2) is 38.5 Å². The van der Waals surface area contributed by atoms with Crippen LogP contribution in [0.15, 0.2) is 71.7 Å². The van der Waals surface area contributed by atoms with Crippen molar-refractivity contribution in [3.8, 4) is 11.4 Å². The summed E-state index contributed by atoms with van der Waals surface area (Å²) in [6, 6.07) is 16.5. The lowest BCUT2D eigenvalue weighted by Gasteiger charge is -2.17. The topological polar surface area (TPSA) is 130 Å². The summed E-state index contributed by atoms with van der Waals surface area (Å²) in [5.74, 6) is -2.10. The Hall–Kier alpha value is -4.27. The predicted molar refractivity (Wildman–Crippen MR) is 118 cm³/mol. The lowest BCUT2D eigenvalue weighted by Crippen LogP contribution is -2.45. The fourth-order valence-electron chi connectivity index (χ4n) is 3.17. The van der Waals surface area contributed by atoms with Crippen LogP contribution in [0.3, 0.4) is 0 Å². The summed E-state index contributed by atoms with van der Waals surface area (Å²) >= 11 is 0. The number of rotatable bonds is 8. The summed E-state index contributed by atoms with van der Waals surface area (Å²) in [6.07, 6.45) is 1.32. The van der Waals surface area contributed by atoms with Crippen LogP contribution in [0.5, 0.6) is 0 Å². The molecule has 2 amide bonds. The normalized spacial score (nSPS) is 11.4. The number of aliphatic carboxylic acids is 1. The minimum absolute atomic E-state index is 0.0796. The van der Waals surface area contributed by atoms with Crippen LogP contribution in [0.25, 0.3) is 11.4 Å². The average Bonchev–Trinajstić information content (AvgIpc) is 2.77. The highest BCUT2D eigenvalue weighted by Gasteiger charge is 2.22. The molecule has 164 valence electrons. The zero-order valence-corrected chi connectivity index (χ0v) is 17.3. The van der Waals surface area contributed by atoms with E-state index in [1.807, 2.05) is 6.07 Å². The average molecular weight is 434 g/mol. The molecule has 0 spiro atoms. The number of anilines is 1. The molecule has 9 heteroatoms. The Balaban J connectivity index is 1.89. The van der Waals surface area contributed by atoms with Gasteiger partial charge in [0, 0.05) is 18.9 Å². The van der Waals surface area contributed by atoms with Gasteiger partial charge >= 0.3 is 5.97 Å². The number of nitrogens with zero attached hydrogens (tertiary/aromatic N) is 2. The summed E-state index contributed by atoms with van der Waals surface area (Å²) < 4.78 is 1.11. The summed E-state index contributed by atoms with van der Waals surface area (Å²) in [5, 5.41) is 14.4. The van der Waals surface area contributed by atoms with Crippen molar-refractivity contribution in [1.29, 1.82) is 0 Å². The summed E-state index contributed by atoms with van der Waals surface area (Å²) in [5.41, 5.74) is 0.630. The van der Waals surface area contributed by atoms with Gasteiger partial charge < -0.3 is 15.7 Å². The van der Waals surface area contributed by atoms with Gasteiger partial charge in [0.15, 0.2) is 0 Å². The standard InChI is InChI=1S/C23H22N4O5/c1-15(28)25-19-13-24-21(17-10-6-3-7-11-17)27(22(19)30)14-20(29)26-18(23(31)32)12-16-8-4-2-5-9-16/h2-11,13,18H,12,14H2,1H3,(H,25,28)(H,26,29)(H,31,32). The highest BCUT2D eigenvalue weighted by atomic mass is 16.4. The first-order valence-electron chi connectivity index (χ1n) is 9.84. The highest BCUT2D eigenvalue weighted by Crippen LogP contribution is 2.16. The summed E-state index contributed by atoms with van der Waals surface area (Å²) in [6.45, 7) is 0.782. The third kappa shape index (κ3) is 5.66. The molecule has 0 fully saturated rings. The number of carbonyl (C=O) groups is 3. The van der Waals surface area contributed by atoms with E-state index in [-0.39, 0.29) is 17.9 Å². The van der Waals surface area contributed by atoms with Crippen molar-refractivity contribution in [3.63, 3.8) is 0 Å². The Bertz CT molecular complexity index is 1180. The number of carbonyl (C=O) groups excluding carboxylic acids is 2. The molecule has 0 bridgehead atoms. The van der Waals surface area contributed by atoms with Gasteiger partial charge in [0.05, 0.1) is 6.20 Å². The minimum Gasteiger partial charge on any atom is -0.480 e. The zero-order valence-electron chi connectivity index (χ0n) is 17.3. The maximum Gasteiger partial charge on any atom is 0.326 e. The Kier molecular flexibility index (Phi) is 7.12. The maximum absolute atomic E-state index is 13.0. The molecule has 0 aliphatic carbocycles. The molecule has 1 aromatic heterocycles. The van der Waals surface area contributed by atoms with Gasteiger partial charge in [-0.25, -0.2) is 9.78 Å². The first-order valence-corrected chi connectivity index (χ1v) is 9.84. The quantitative estimate of drug-likeness (QED) is 0.495. The van der Waals surface area contributed by atoms with Crippen LogP contribution >= 0.6 is 0 Å². The Morgan fingerprint density at radius 3 is 2.25 bits per heavy atom. The zero-order chi connectivity index (χ0) is 23.1. The number of aromatic nitrogens is 2. The van der Waals surface area contributed by atoms with Crippen molar-refractivity contribution in [1.82, 2.24) is 14.9 Å². The number of carboxylic acid groups (broad SMARTS) is 1. The molecule has 0 aliphatic heterocycles. The molecule has 3 N–H and O–H groups in total. The first kappa shape index (κ1) is 22.4. The van der Waals surface area contributed by atoms with Gasteiger partial charge in [0.2, 0.25) is 11.8 Å². The van der Waals surface area contributed by atoms with Crippen molar-refractivity contribution in [2.24, 2.45) is 0 Å². The van der Waals surface area contributed by atoms with Gasteiger partial charge in [0.1, 0.15) is 24.1 Å². The van der Waals surface area contributed by atoms with Gasteiger partial charge in [-0.05, 0) is 5.56 Å². The fourth-order valence-corrected chi connectivity index (χ4v) is 3.17. The fraction of sp³-hybridized carbons (Fsp3) is 0.174. The van der Waals surface area contributed by atoms with Crippen LogP contribution in [0.4, 0.5) is 5.69 Å². The predicted octanol–water partition coefficient (Wildman–Crippen LogP) is 1.68. The second-order valence-electron chi connectivity index (χ2n) is 7.08. The molecular weight excluding hydrogens is 412 g/mol. The molecule has 1 atom stereocenters. The number of nitrogens with one attached hydrogen (secondary N) is 2. The monoisotopic (exact) mass is 434 g/mol. The van der Waals surface area contributed by atoms with Gasteiger partial charge in [-0.3, -0.25) is 19.0 Å². The first-order chi connectivity index (χ1) is 15.3. The molecule has 9 nitrogen and oxygen atoms in total. The van der Waals surface area contributed by atoms with E-state index < -0.39 is 35.9 Å². The van der Waals surface area contributed by atoms with Crippen LogP contribution < -0.4 is 16.2 Å². The van der Waals surface area contributed by atoms with E-state index in [2.05, 4.69) is 15.6 Å². The lowest BCUT2D eigenvalue weighted by atomic mass is 10.1. The van der Waals surface area contributed by atoms with Gasteiger partial charge in [-0.2, -0.15) is 0 Å². The Morgan fingerprint density at radius 2 is 1.66 bits per heavy atom. The van der Waals surface area contributed by atoms with Crippen molar-refractivity contribution in [3.05, 3.63) is 82.8 Å². The molecule has 0 aliphatic rings. The van der Waals surface area contributed by atoms with Crippen LogP contribution in [0, 0.1) is 0 Å². The van der Waals surface area contributed by atoms with Crippen molar-refractivity contribution < 1.29 is 19.5 Å². The molecule has 32 heavy (non-hydrogen) atoms. The van der Waals surface area contributed by atoms with Gasteiger partial charge in [0.25, 0.3) is 5.56 Å². The third-order valence-corrected chi connectivity index (χ3v) is 4.61. The summed E-state index contributed by atoms with van der Waals surface area (Å²) in [4.78, 5) is 53.0. The van der Waals surface area contributed by atoms with E-state index in [9.17, 15) is 24.3 Å². The number of amides is 2. The number of hydrogen-bond donors (Lipinski definition) is 3. The highest BCUT2D eigenvalue weighted by molar-refractivity contribution is 5.88. The molecule has 2 aromatic carbocycles. The molecular formula is C23H22N4O5. The van der Waals surface area contributed by atoms with E-state index in [4.69, 9.17) is 0 Å². The molecule has 1 unspecified atom stereocenters. The van der Waals surface area contributed by atoms with Crippen molar-refractivity contribution >= 4 is 23.5 Å². The smallest absolute Gasteiger partial charge is 0.326 e. The Labute approximate surface area is 183 Å². The molecule has 0 saturated heterocycles. The minimum atomic E-state index is -1.19. The molecule has 0 radical (unpaired) electrons. The number of carboxylic acids is 1. The molecule has 3 aromatic rings. The van der Waals surface area contributed by atoms with Crippen LogP contribution in [0.1, 0.15) is 12.5 Å². The van der Waals surface area contributed by atoms with E-state index in [1.165, 1.54) is 13.1 Å². The maximum atomic E-state index is 13.0. The van der Waals surface area contributed by atoms with E-state index >= 15 is 0 Å².